The Kier molecular flexibility index (Phi) is 10.9. The third-order valence-corrected chi connectivity index (χ3v) is 5.68. The first-order valence-electron chi connectivity index (χ1n) is 12.2. The van der Waals surface area contributed by atoms with Crippen LogP contribution in [-0.2, 0) is 43.3 Å². The molecule has 0 aliphatic heterocycles. The normalized spacial score (nSPS) is 12.5. The van der Waals surface area contributed by atoms with Crippen LogP contribution in [-0.4, -0.2) is 38.7 Å². The summed E-state index contributed by atoms with van der Waals surface area (Å²) in [4.78, 5) is 22.8. The van der Waals surface area contributed by atoms with E-state index < -0.39 is 17.7 Å². The summed E-state index contributed by atoms with van der Waals surface area (Å²) in [6.45, 7) is 1.69. The zero-order valence-electron chi connectivity index (χ0n) is 22.9. The average molecular weight is 571 g/mol. The van der Waals surface area contributed by atoms with E-state index in [0.717, 1.165) is 12.1 Å². The molecule has 0 spiro atoms. The fourth-order valence-electron chi connectivity index (χ4n) is 3.73. The number of carbonyl (C=O) groups excluding carboxylic acids is 1. The van der Waals surface area contributed by atoms with Gasteiger partial charge in [-0.25, -0.2) is 4.79 Å². The van der Waals surface area contributed by atoms with Gasteiger partial charge in [-0.2, -0.15) is 13.2 Å². The lowest BCUT2D eigenvalue weighted by Crippen LogP contribution is -2.13. The smallest absolute Gasteiger partial charge is 0.416 e. The predicted molar refractivity (Wildman–Crippen MR) is 147 cm³/mol. The number of oxime groups is 2. The van der Waals surface area contributed by atoms with Crippen molar-refractivity contribution >= 4 is 23.0 Å². The zero-order valence-corrected chi connectivity index (χ0v) is 22.9. The molecule has 0 aromatic heterocycles. The van der Waals surface area contributed by atoms with Crippen LogP contribution in [0.3, 0.4) is 0 Å². The molecule has 3 rings (SSSR count). The van der Waals surface area contributed by atoms with Crippen molar-refractivity contribution in [3.05, 3.63) is 107 Å². The molecule has 8 nitrogen and oxygen atoms in total. The van der Waals surface area contributed by atoms with E-state index in [0.29, 0.717) is 39.4 Å². The van der Waals surface area contributed by atoms with Crippen molar-refractivity contribution in [3.8, 4) is 5.75 Å². The molecular weight excluding hydrogens is 541 g/mol. The standard InChI is InChI=1S/C30H29F3N2O6/c1-20(34-41-18-23-9-5-6-11-26(23)27(19-37-2)29(36)38-3)28(35-39-4)22-12-14-25(15-13-22)40-17-21-8-7-10-24(16-21)30(31,32)33/h5-16,19H,17-18H2,1-4H3/b27-19?,34-20?,35-28-. The van der Waals surface area contributed by atoms with Crippen molar-refractivity contribution in [2.24, 2.45) is 10.3 Å². The maximum Gasteiger partial charge on any atom is 0.416 e. The van der Waals surface area contributed by atoms with Crippen molar-refractivity contribution in [1.82, 2.24) is 0 Å². The molecule has 0 saturated heterocycles. The van der Waals surface area contributed by atoms with Crippen molar-refractivity contribution in [1.29, 1.82) is 0 Å². The summed E-state index contributed by atoms with van der Waals surface area (Å²) in [5.74, 6) is -0.105. The molecule has 0 aliphatic rings. The summed E-state index contributed by atoms with van der Waals surface area (Å²) in [6.07, 6.45) is -3.12. The number of hydrogen-bond donors (Lipinski definition) is 0. The van der Waals surface area contributed by atoms with Gasteiger partial charge in [0.15, 0.2) is 0 Å². The van der Waals surface area contributed by atoms with Crippen LogP contribution in [0.4, 0.5) is 13.2 Å². The predicted octanol–water partition coefficient (Wildman–Crippen LogP) is 6.39. The molecule has 0 heterocycles. The number of methoxy groups -OCH3 is 2. The van der Waals surface area contributed by atoms with E-state index in [9.17, 15) is 18.0 Å². The van der Waals surface area contributed by atoms with Gasteiger partial charge in [-0.3, -0.25) is 0 Å². The van der Waals surface area contributed by atoms with Gasteiger partial charge in [0.2, 0.25) is 0 Å². The summed E-state index contributed by atoms with van der Waals surface area (Å²) >= 11 is 0. The third-order valence-electron chi connectivity index (χ3n) is 5.68. The van der Waals surface area contributed by atoms with Gasteiger partial charge >= 0.3 is 12.1 Å². The number of hydrogen-bond acceptors (Lipinski definition) is 8. The molecule has 41 heavy (non-hydrogen) atoms. The molecule has 0 saturated carbocycles. The molecule has 0 fully saturated rings. The Morgan fingerprint density at radius 3 is 2.29 bits per heavy atom. The van der Waals surface area contributed by atoms with Crippen LogP contribution in [0.15, 0.2) is 89.4 Å². The van der Waals surface area contributed by atoms with Gasteiger partial charge in [-0.15, -0.1) is 0 Å². The fraction of sp³-hybridized carbons (Fsp3) is 0.233. The Balaban J connectivity index is 1.70. The van der Waals surface area contributed by atoms with E-state index in [2.05, 4.69) is 10.3 Å². The van der Waals surface area contributed by atoms with E-state index >= 15 is 0 Å². The number of carbonyl (C=O) groups is 1. The maximum atomic E-state index is 13.0. The second kappa shape index (κ2) is 14.5. The minimum atomic E-state index is -4.42. The molecule has 216 valence electrons. The Morgan fingerprint density at radius 1 is 0.902 bits per heavy atom. The maximum absolute atomic E-state index is 13.0. The lowest BCUT2D eigenvalue weighted by molar-refractivity contribution is -0.137. The highest BCUT2D eigenvalue weighted by Gasteiger charge is 2.30. The monoisotopic (exact) mass is 570 g/mol. The van der Waals surface area contributed by atoms with Crippen LogP contribution in [0.2, 0.25) is 0 Å². The SMILES string of the molecule is COC=C(C(=O)OC)c1ccccc1CON=C(C)/C(=N/OC)c1ccc(OCc2cccc(C(F)(F)F)c2)cc1. The van der Waals surface area contributed by atoms with Crippen molar-refractivity contribution < 1.29 is 41.9 Å². The van der Waals surface area contributed by atoms with Gasteiger partial charge in [-0.05, 0) is 54.4 Å². The lowest BCUT2D eigenvalue weighted by atomic mass is 10.0. The first kappa shape index (κ1) is 30.7. The molecule has 3 aromatic rings. The Bertz CT molecular complexity index is 1420. The van der Waals surface area contributed by atoms with E-state index in [1.165, 1.54) is 33.7 Å². The Hall–Kier alpha value is -4.80. The molecule has 0 atom stereocenters. The van der Waals surface area contributed by atoms with Gasteiger partial charge in [0, 0.05) is 11.1 Å². The van der Waals surface area contributed by atoms with E-state index in [1.807, 2.05) is 0 Å². The number of rotatable bonds is 12. The highest BCUT2D eigenvalue weighted by atomic mass is 19.4. The van der Waals surface area contributed by atoms with Crippen LogP contribution >= 0.6 is 0 Å². The molecule has 11 heteroatoms. The number of esters is 1. The van der Waals surface area contributed by atoms with Crippen LogP contribution in [0.25, 0.3) is 5.57 Å². The summed E-state index contributed by atoms with van der Waals surface area (Å²) in [5.41, 5.74) is 2.56. The van der Waals surface area contributed by atoms with Gasteiger partial charge in [0.05, 0.1) is 26.0 Å². The molecule has 0 radical (unpaired) electrons. The molecule has 0 amide bonds. The van der Waals surface area contributed by atoms with Crippen molar-refractivity contribution in [3.63, 3.8) is 0 Å². The quantitative estimate of drug-likeness (QED) is 0.0825. The molecule has 0 unspecified atom stereocenters. The second-order valence-corrected chi connectivity index (χ2v) is 8.50. The largest absolute Gasteiger partial charge is 0.503 e. The van der Waals surface area contributed by atoms with Crippen LogP contribution in [0.5, 0.6) is 5.75 Å². The number of alkyl halides is 3. The van der Waals surface area contributed by atoms with E-state index in [1.54, 1.807) is 61.5 Å². The van der Waals surface area contributed by atoms with Crippen molar-refractivity contribution in [2.75, 3.05) is 21.3 Å². The fourth-order valence-corrected chi connectivity index (χ4v) is 3.73. The summed E-state index contributed by atoms with van der Waals surface area (Å²) in [6, 6.07) is 18.8. The van der Waals surface area contributed by atoms with Gasteiger partial charge in [-0.1, -0.05) is 46.7 Å². The van der Waals surface area contributed by atoms with E-state index in [-0.39, 0.29) is 18.8 Å². The molecular formula is C30H29F3N2O6. The number of ether oxygens (including phenoxy) is 3. The highest BCUT2D eigenvalue weighted by Crippen LogP contribution is 2.30. The van der Waals surface area contributed by atoms with Crippen LogP contribution in [0, 0.1) is 0 Å². The first-order chi connectivity index (χ1) is 19.7. The Morgan fingerprint density at radius 2 is 1.63 bits per heavy atom. The van der Waals surface area contributed by atoms with Gasteiger partial charge < -0.3 is 23.9 Å². The average Bonchev–Trinajstić information content (AvgIpc) is 2.97. The first-order valence-corrected chi connectivity index (χ1v) is 12.2. The zero-order chi connectivity index (χ0) is 29.8. The molecule has 0 N–H and O–H groups in total. The molecule has 0 aliphatic carbocycles. The minimum absolute atomic E-state index is 0.0324. The number of halogens is 3. The topological polar surface area (TPSA) is 87.9 Å². The Labute approximate surface area is 235 Å². The lowest BCUT2D eigenvalue weighted by Gasteiger charge is -2.12. The van der Waals surface area contributed by atoms with Gasteiger partial charge in [0.25, 0.3) is 0 Å². The van der Waals surface area contributed by atoms with Crippen LogP contribution < -0.4 is 4.74 Å². The minimum Gasteiger partial charge on any atom is -0.503 e. The summed E-state index contributed by atoms with van der Waals surface area (Å²) in [7, 11) is 4.11. The second-order valence-electron chi connectivity index (χ2n) is 8.50. The molecule has 0 bridgehead atoms. The number of nitrogens with zero attached hydrogens (tertiary/aromatic N) is 2. The summed E-state index contributed by atoms with van der Waals surface area (Å²) < 4.78 is 54.4. The highest BCUT2D eigenvalue weighted by molar-refractivity contribution is 6.47. The van der Waals surface area contributed by atoms with E-state index in [4.69, 9.17) is 23.9 Å². The van der Waals surface area contributed by atoms with Crippen molar-refractivity contribution in [2.45, 2.75) is 26.3 Å². The third kappa shape index (κ3) is 8.59. The molecule has 3 aromatic carbocycles. The number of benzene rings is 3. The van der Waals surface area contributed by atoms with Crippen LogP contribution in [0.1, 0.15) is 34.7 Å². The van der Waals surface area contributed by atoms with Gasteiger partial charge in [0.1, 0.15) is 43.1 Å². The summed E-state index contributed by atoms with van der Waals surface area (Å²) in [5, 5.41) is 8.22.